The molecule has 2 aromatic carbocycles. The monoisotopic (exact) mass is 342 g/mol. The number of methoxy groups -OCH3 is 2. The molecule has 0 saturated carbocycles. The first-order valence-electron chi connectivity index (χ1n) is 7.90. The van der Waals surface area contributed by atoms with Crippen molar-refractivity contribution >= 4 is 17.5 Å². The maximum absolute atomic E-state index is 12.2. The Morgan fingerprint density at radius 1 is 1.00 bits per heavy atom. The number of hydrogen-bond acceptors (Lipinski definition) is 4. The lowest BCUT2D eigenvalue weighted by Crippen LogP contribution is -2.25. The lowest BCUT2D eigenvalue weighted by Gasteiger charge is -2.10. The predicted octanol–water partition coefficient (Wildman–Crippen LogP) is 2.63. The van der Waals surface area contributed by atoms with Gasteiger partial charge in [0.2, 0.25) is 5.91 Å². The van der Waals surface area contributed by atoms with Gasteiger partial charge in [0.05, 0.1) is 14.2 Å². The Hall–Kier alpha value is -3.02. The molecule has 2 aromatic rings. The van der Waals surface area contributed by atoms with Crippen LogP contribution in [0.5, 0.6) is 11.5 Å². The highest BCUT2D eigenvalue weighted by Gasteiger charge is 2.08. The SMILES string of the molecule is COc1ccc(CCNC(=O)c2cccc(NC(C)=O)c2)cc1OC. The summed E-state index contributed by atoms with van der Waals surface area (Å²) in [5.41, 5.74) is 2.13. The van der Waals surface area contributed by atoms with Crippen LogP contribution in [-0.2, 0) is 11.2 Å². The standard InChI is InChI=1S/C19H22N2O4/c1-13(22)21-16-6-4-5-15(12-16)19(23)20-10-9-14-7-8-17(24-2)18(11-14)25-3/h4-8,11-12H,9-10H2,1-3H3,(H,20,23)(H,21,22). The zero-order chi connectivity index (χ0) is 18.2. The molecule has 0 fully saturated rings. The Labute approximate surface area is 147 Å². The highest BCUT2D eigenvalue weighted by molar-refractivity contribution is 5.96. The van der Waals surface area contributed by atoms with Crippen molar-refractivity contribution in [2.45, 2.75) is 13.3 Å². The van der Waals surface area contributed by atoms with Gasteiger partial charge in [0.1, 0.15) is 0 Å². The maximum atomic E-state index is 12.2. The van der Waals surface area contributed by atoms with Crippen LogP contribution in [0.1, 0.15) is 22.8 Å². The number of rotatable bonds is 7. The summed E-state index contributed by atoms with van der Waals surface area (Å²) in [4.78, 5) is 23.3. The molecule has 0 spiro atoms. The zero-order valence-electron chi connectivity index (χ0n) is 14.6. The fourth-order valence-electron chi connectivity index (χ4n) is 2.40. The van der Waals surface area contributed by atoms with Gasteiger partial charge in [-0.3, -0.25) is 9.59 Å². The van der Waals surface area contributed by atoms with E-state index in [2.05, 4.69) is 10.6 Å². The van der Waals surface area contributed by atoms with Gasteiger partial charge in [-0.15, -0.1) is 0 Å². The summed E-state index contributed by atoms with van der Waals surface area (Å²) in [6, 6.07) is 12.5. The van der Waals surface area contributed by atoms with Gasteiger partial charge in [0.25, 0.3) is 5.91 Å². The average Bonchev–Trinajstić information content (AvgIpc) is 2.61. The number of carbonyl (C=O) groups excluding carboxylic acids is 2. The van der Waals surface area contributed by atoms with E-state index < -0.39 is 0 Å². The molecule has 0 aliphatic rings. The molecule has 0 saturated heterocycles. The predicted molar refractivity (Wildman–Crippen MR) is 96.3 cm³/mol. The lowest BCUT2D eigenvalue weighted by atomic mass is 10.1. The summed E-state index contributed by atoms with van der Waals surface area (Å²) in [7, 11) is 3.18. The molecule has 6 heteroatoms. The highest BCUT2D eigenvalue weighted by atomic mass is 16.5. The molecule has 25 heavy (non-hydrogen) atoms. The van der Waals surface area contributed by atoms with Crippen molar-refractivity contribution in [3.8, 4) is 11.5 Å². The molecule has 2 rings (SSSR count). The van der Waals surface area contributed by atoms with Gasteiger partial charge in [0, 0.05) is 24.7 Å². The zero-order valence-corrected chi connectivity index (χ0v) is 14.6. The largest absolute Gasteiger partial charge is 0.493 e. The molecule has 2 N–H and O–H groups in total. The first kappa shape index (κ1) is 18.3. The smallest absolute Gasteiger partial charge is 0.251 e. The number of benzene rings is 2. The quantitative estimate of drug-likeness (QED) is 0.811. The molecule has 0 unspecified atom stereocenters. The van der Waals surface area contributed by atoms with Crippen molar-refractivity contribution in [1.29, 1.82) is 0 Å². The fraction of sp³-hybridized carbons (Fsp3) is 0.263. The van der Waals surface area contributed by atoms with Crippen molar-refractivity contribution in [1.82, 2.24) is 5.32 Å². The van der Waals surface area contributed by atoms with Gasteiger partial charge < -0.3 is 20.1 Å². The van der Waals surface area contributed by atoms with Crippen molar-refractivity contribution in [2.75, 3.05) is 26.1 Å². The molecule has 0 radical (unpaired) electrons. The van der Waals surface area contributed by atoms with Crippen LogP contribution >= 0.6 is 0 Å². The van der Waals surface area contributed by atoms with Crippen LogP contribution in [0.15, 0.2) is 42.5 Å². The summed E-state index contributed by atoms with van der Waals surface area (Å²) in [5, 5.41) is 5.53. The minimum atomic E-state index is -0.187. The Morgan fingerprint density at radius 3 is 2.44 bits per heavy atom. The lowest BCUT2D eigenvalue weighted by molar-refractivity contribution is -0.114. The van der Waals surface area contributed by atoms with Crippen LogP contribution in [-0.4, -0.2) is 32.6 Å². The van der Waals surface area contributed by atoms with Crippen LogP contribution in [0.2, 0.25) is 0 Å². The Morgan fingerprint density at radius 2 is 1.76 bits per heavy atom. The molecular formula is C19H22N2O4. The summed E-state index contributed by atoms with van der Waals surface area (Å²) in [6.45, 7) is 1.91. The van der Waals surface area contributed by atoms with Crippen molar-refractivity contribution in [3.05, 3.63) is 53.6 Å². The van der Waals surface area contributed by atoms with Crippen LogP contribution in [0.4, 0.5) is 5.69 Å². The summed E-state index contributed by atoms with van der Waals surface area (Å²) in [6.07, 6.45) is 0.664. The third-order valence-corrected chi connectivity index (χ3v) is 3.59. The van der Waals surface area contributed by atoms with E-state index in [1.165, 1.54) is 6.92 Å². The topological polar surface area (TPSA) is 76.7 Å². The van der Waals surface area contributed by atoms with Gasteiger partial charge in [-0.25, -0.2) is 0 Å². The van der Waals surface area contributed by atoms with Gasteiger partial charge in [0.15, 0.2) is 11.5 Å². The average molecular weight is 342 g/mol. The number of anilines is 1. The number of ether oxygens (including phenoxy) is 2. The van der Waals surface area contributed by atoms with Crippen LogP contribution in [0.3, 0.4) is 0 Å². The molecular weight excluding hydrogens is 320 g/mol. The third kappa shape index (κ3) is 5.24. The van der Waals surface area contributed by atoms with Crippen LogP contribution in [0, 0.1) is 0 Å². The number of amides is 2. The number of carbonyl (C=O) groups is 2. The molecule has 0 bridgehead atoms. The fourth-order valence-corrected chi connectivity index (χ4v) is 2.40. The van der Waals surface area contributed by atoms with Crippen LogP contribution in [0.25, 0.3) is 0 Å². The normalized spacial score (nSPS) is 10.0. The van der Waals surface area contributed by atoms with Crippen molar-refractivity contribution in [2.24, 2.45) is 0 Å². The molecule has 0 aliphatic carbocycles. The van der Waals surface area contributed by atoms with Gasteiger partial charge in [-0.05, 0) is 42.3 Å². The van der Waals surface area contributed by atoms with E-state index in [9.17, 15) is 9.59 Å². The molecule has 0 aliphatic heterocycles. The maximum Gasteiger partial charge on any atom is 0.251 e. The second-order valence-electron chi connectivity index (χ2n) is 5.46. The number of hydrogen-bond donors (Lipinski definition) is 2. The summed E-state index contributed by atoms with van der Waals surface area (Å²) in [5.74, 6) is 0.970. The Kier molecular flexibility index (Phi) is 6.39. The number of nitrogens with one attached hydrogen (secondary N) is 2. The summed E-state index contributed by atoms with van der Waals surface area (Å²) >= 11 is 0. The Balaban J connectivity index is 1.93. The molecule has 2 amide bonds. The first-order valence-corrected chi connectivity index (χ1v) is 7.90. The van der Waals surface area contributed by atoms with Gasteiger partial charge >= 0.3 is 0 Å². The van der Waals surface area contributed by atoms with Crippen molar-refractivity contribution < 1.29 is 19.1 Å². The molecule has 132 valence electrons. The minimum Gasteiger partial charge on any atom is -0.493 e. The third-order valence-electron chi connectivity index (χ3n) is 3.59. The summed E-state index contributed by atoms with van der Waals surface area (Å²) < 4.78 is 10.5. The van der Waals surface area contributed by atoms with Gasteiger partial charge in [-0.2, -0.15) is 0 Å². The van der Waals surface area contributed by atoms with E-state index in [1.54, 1.807) is 38.5 Å². The molecule has 6 nitrogen and oxygen atoms in total. The van der Waals surface area contributed by atoms with E-state index in [4.69, 9.17) is 9.47 Å². The van der Waals surface area contributed by atoms with E-state index in [-0.39, 0.29) is 11.8 Å². The molecule has 0 aromatic heterocycles. The van der Waals surface area contributed by atoms with E-state index in [0.717, 1.165) is 5.56 Å². The van der Waals surface area contributed by atoms with Gasteiger partial charge in [-0.1, -0.05) is 12.1 Å². The van der Waals surface area contributed by atoms with E-state index in [1.807, 2.05) is 18.2 Å². The second-order valence-corrected chi connectivity index (χ2v) is 5.46. The Bertz CT molecular complexity index is 759. The highest BCUT2D eigenvalue weighted by Crippen LogP contribution is 2.27. The van der Waals surface area contributed by atoms with E-state index >= 15 is 0 Å². The molecule has 0 heterocycles. The first-order chi connectivity index (χ1) is 12.0. The van der Waals surface area contributed by atoms with Crippen molar-refractivity contribution in [3.63, 3.8) is 0 Å². The second kappa shape index (κ2) is 8.73. The minimum absolute atomic E-state index is 0.175. The van der Waals surface area contributed by atoms with E-state index in [0.29, 0.717) is 35.7 Å². The van der Waals surface area contributed by atoms with Crippen LogP contribution < -0.4 is 20.1 Å². The molecule has 0 atom stereocenters.